The summed E-state index contributed by atoms with van der Waals surface area (Å²) in [4.78, 5) is 34.1. The lowest BCUT2D eigenvalue weighted by molar-refractivity contribution is -0.137. The van der Waals surface area contributed by atoms with Crippen LogP contribution in [0.2, 0.25) is 0 Å². The van der Waals surface area contributed by atoms with Gasteiger partial charge in [-0.3, -0.25) is 9.59 Å². The second-order valence-corrected chi connectivity index (χ2v) is 3.18. The van der Waals surface area contributed by atoms with Gasteiger partial charge in [-0.1, -0.05) is 6.08 Å². The third kappa shape index (κ3) is 6.93. The third-order valence-electron chi connectivity index (χ3n) is 1.74. The van der Waals surface area contributed by atoms with E-state index in [0.29, 0.717) is 6.54 Å². The van der Waals surface area contributed by atoms with Gasteiger partial charge in [0, 0.05) is 13.1 Å². The van der Waals surface area contributed by atoms with Crippen LogP contribution in [0.5, 0.6) is 0 Å². The number of nitrogens with one attached hydrogen (secondary N) is 2. The van der Waals surface area contributed by atoms with Crippen LogP contribution >= 0.6 is 0 Å². The summed E-state index contributed by atoms with van der Waals surface area (Å²) in [5.74, 6) is -1.45. The average molecular weight is 243 g/mol. The molecule has 0 unspecified atom stereocenters. The summed E-state index contributed by atoms with van der Waals surface area (Å²) in [5, 5.41) is 13.4. The predicted molar refractivity (Wildman–Crippen MR) is 61.5 cm³/mol. The Morgan fingerprint density at radius 3 is 2.47 bits per heavy atom. The van der Waals surface area contributed by atoms with Crippen molar-refractivity contribution in [3.8, 4) is 0 Å². The van der Waals surface area contributed by atoms with Crippen LogP contribution in [0.3, 0.4) is 0 Å². The van der Waals surface area contributed by atoms with Gasteiger partial charge in [-0.25, -0.2) is 4.79 Å². The second-order valence-electron chi connectivity index (χ2n) is 3.18. The topological polar surface area (TPSA) is 98.7 Å². The Morgan fingerprint density at radius 1 is 1.35 bits per heavy atom. The van der Waals surface area contributed by atoms with Gasteiger partial charge in [-0.15, -0.1) is 6.58 Å². The number of hydrogen-bond acceptors (Lipinski definition) is 3. The van der Waals surface area contributed by atoms with E-state index in [1.54, 1.807) is 6.92 Å². The van der Waals surface area contributed by atoms with E-state index in [9.17, 15) is 14.4 Å². The Kier molecular flexibility index (Phi) is 7.16. The van der Waals surface area contributed by atoms with Crippen molar-refractivity contribution >= 4 is 17.9 Å². The van der Waals surface area contributed by atoms with Crippen LogP contribution in [-0.2, 0) is 9.59 Å². The molecule has 0 heterocycles. The highest BCUT2D eigenvalue weighted by Crippen LogP contribution is 1.90. The fraction of sp³-hybridized carbons (Fsp3) is 0.500. The lowest BCUT2D eigenvalue weighted by Gasteiger charge is -2.19. The van der Waals surface area contributed by atoms with Crippen LogP contribution in [0.25, 0.3) is 0 Å². The summed E-state index contributed by atoms with van der Waals surface area (Å²) in [6, 6.07) is -0.612. The summed E-state index contributed by atoms with van der Waals surface area (Å²) in [6.45, 7) is 5.14. The highest BCUT2D eigenvalue weighted by atomic mass is 16.4. The fourth-order valence-corrected chi connectivity index (χ4v) is 1.07. The van der Waals surface area contributed by atoms with Crippen molar-refractivity contribution in [3.63, 3.8) is 0 Å². The summed E-state index contributed by atoms with van der Waals surface area (Å²) in [6.07, 6.45) is 1.41. The fourth-order valence-electron chi connectivity index (χ4n) is 1.07. The molecule has 96 valence electrons. The standard InChI is InChI=1S/C10H17N3O4/c1-3-5-13(7-9(15)16)10(17)12-6-8(14)11-4-2/h3H,1,4-7H2,2H3,(H,11,14)(H,12,17)(H,15,16). The highest BCUT2D eigenvalue weighted by molar-refractivity contribution is 5.85. The number of urea groups is 1. The predicted octanol–water partition coefficient (Wildman–Crippen LogP) is -0.595. The Bertz CT molecular complexity index is 304. The molecule has 0 radical (unpaired) electrons. The van der Waals surface area contributed by atoms with Gasteiger partial charge >= 0.3 is 12.0 Å². The van der Waals surface area contributed by atoms with Crippen molar-refractivity contribution in [2.24, 2.45) is 0 Å². The number of rotatable bonds is 7. The van der Waals surface area contributed by atoms with Crippen molar-refractivity contribution in [3.05, 3.63) is 12.7 Å². The van der Waals surface area contributed by atoms with Gasteiger partial charge in [0.15, 0.2) is 0 Å². The van der Waals surface area contributed by atoms with E-state index < -0.39 is 18.5 Å². The van der Waals surface area contributed by atoms with Gasteiger partial charge in [0.1, 0.15) is 6.54 Å². The van der Waals surface area contributed by atoms with Gasteiger partial charge in [0.05, 0.1) is 6.54 Å². The van der Waals surface area contributed by atoms with E-state index in [0.717, 1.165) is 4.90 Å². The Labute approximate surface area is 99.5 Å². The van der Waals surface area contributed by atoms with Gasteiger partial charge in [-0.2, -0.15) is 0 Å². The number of likely N-dealkylation sites (N-methyl/N-ethyl adjacent to an activating group) is 1. The van der Waals surface area contributed by atoms with Gasteiger partial charge in [0.2, 0.25) is 5.91 Å². The molecule has 0 saturated carbocycles. The molecule has 0 fully saturated rings. The summed E-state index contributed by atoms with van der Waals surface area (Å²) in [5.41, 5.74) is 0. The number of carboxylic acid groups (broad SMARTS) is 1. The molecule has 0 rings (SSSR count). The summed E-state index contributed by atoms with van der Waals surface area (Å²) in [7, 11) is 0. The van der Waals surface area contributed by atoms with Gasteiger partial charge in [-0.05, 0) is 6.92 Å². The van der Waals surface area contributed by atoms with E-state index >= 15 is 0 Å². The van der Waals surface area contributed by atoms with E-state index in [1.165, 1.54) is 6.08 Å². The van der Waals surface area contributed by atoms with Gasteiger partial charge in [0.25, 0.3) is 0 Å². The first-order valence-corrected chi connectivity index (χ1v) is 5.13. The van der Waals surface area contributed by atoms with E-state index in [4.69, 9.17) is 5.11 Å². The maximum atomic E-state index is 11.5. The summed E-state index contributed by atoms with van der Waals surface area (Å²) >= 11 is 0. The Morgan fingerprint density at radius 2 is 2.00 bits per heavy atom. The minimum absolute atomic E-state index is 0.105. The number of carbonyl (C=O) groups excluding carboxylic acids is 2. The van der Waals surface area contributed by atoms with Crippen molar-refractivity contribution in [2.45, 2.75) is 6.92 Å². The number of aliphatic carboxylic acids is 1. The van der Waals surface area contributed by atoms with Crippen LogP contribution in [-0.4, -0.2) is 54.1 Å². The molecule has 0 aliphatic heterocycles. The third-order valence-corrected chi connectivity index (χ3v) is 1.74. The largest absolute Gasteiger partial charge is 0.480 e. The van der Waals surface area contributed by atoms with E-state index in [2.05, 4.69) is 17.2 Å². The minimum atomic E-state index is -1.12. The molecule has 0 aliphatic rings. The number of carboxylic acids is 1. The maximum Gasteiger partial charge on any atom is 0.323 e. The molecule has 7 heteroatoms. The lowest BCUT2D eigenvalue weighted by atomic mass is 10.4. The first-order valence-electron chi connectivity index (χ1n) is 5.13. The number of hydrogen-bond donors (Lipinski definition) is 3. The molecule has 3 N–H and O–H groups in total. The molecule has 0 atom stereocenters. The van der Waals surface area contributed by atoms with Crippen molar-refractivity contribution in [2.75, 3.05) is 26.2 Å². The molecular weight excluding hydrogens is 226 g/mol. The zero-order valence-corrected chi connectivity index (χ0v) is 9.73. The molecule has 0 spiro atoms. The minimum Gasteiger partial charge on any atom is -0.480 e. The normalized spacial score (nSPS) is 9.24. The zero-order valence-electron chi connectivity index (χ0n) is 9.73. The number of carbonyl (C=O) groups is 3. The van der Waals surface area contributed by atoms with Crippen LogP contribution in [0.1, 0.15) is 6.92 Å². The van der Waals surface area contributed by atoms with E-state index in [1.807, 2.05) is 0 Å². The molecule has 0 aliphatic carbocycles. The SMILES string of the molecule is C=CCN(CC(=O)O)C(=O)NCC(=O)NCC. The van der Waals surface area contributed by atoms with Crippen molar-refractivity contribution < 1.29 is 19.5 Å². The van der Waals surface area contributed by atoms with Crippen LogP contribution in [0.4, 0.5) is 4.79 Å². The quantitative estimate of drug-likeness (QED) is 0.520. The monoisotopic (exact) mass is 243 g/mol. The smallest absolute Gasteiger partial charge is 0.323 e. The van der Waals surface area contributed by atoms with Crippen LogP contribution < -0.4 is 10.6 Å². The number of nitrogens with zero attached hydrogens (tertiary/aromatic N) is 1. The second kappa shape index (κ2) is 8.14. The molecule has 7 nitrogen and oxygen atoms in total. The zero-order chi connectivity index (χ0) is 13.3. The molecule has 0 bridgehead atoms. The first kappa shape index (κ1) is 14.9. The van der Waals surface area contributed by atoms with E-state index in [-0.39, 0.29) is 19.0 Å². The molecule has 17 heavy (non-hydrogen) atoms. The average Bonchev–Trinajstić information content (AvgIpc) is 2.25. The molecule has 0 aromatic rings. The maximum absolute atomic E-state index is 11.5. The Hall–Kier alpha value is -2.05. The Balaban J connectivity index is 4.17. The lowest BCUT2D eigenvalue weighted by Crippen LogP contribution is -2.46. The molecule has 0 aromatic heterocycles. The summed E-state index contributed by atoms with van der Waals surface area (Å²) < 4.78 is 0. The molecule has 0 saturated heterocycles. The molecule has 0 aromatic carbocycles. The van der Waals surface area contributed by atoms with Crippen LogP contribution in [0, 0.1) is 0 Å². The van der Waals surface area contributed by atoms with Crippen molar-refractivity contribution in [1.82, 2.24) is 15.5 Å². The number of amides is 3. The molecule has 3 amide bonds. The molecular formula is C10H17N3O4. The van der Waals surface area contributed by atoms with Crippen LogP contribution in [0.15, 0.2) is 12.7 Å². The first-order chi connectivity index (χ1) is 8.01. The van der Waals surface area contributed by atoms with Crippen molar-refractivity contribution in [1.29, 1.82) is 0 Å². The highest BCUT2D eigenvalue weighted by Gasteiger charge is 2.15. The van der Waals surface area contributed by atoms with Gasteiger partial charge < -0.3 is 20.6 Å².